The van der Waals surface area contributed by atoms with Crippen LogP contribution in [0.1, 0.15) is 23.6 Å². The van der Waals surface area contributed by atoms with Crippen LogP contribution in [0.4, 0.5) is 0 Å². The highest BCUT2D eigenvalue weighted by molar-refractivity contribution is 7.98. The number of rotatable bonds is 0. The van der Waals surface area contributed by atoms with Gasteiger partial charge in [0.25, 0.3) is 0 Å². The summed E-state index contributed by atoms with van der Waals surface area (Å²) in [6.45, 7) is 0. The van der Waals surface area contributed by atoms with Crippen LogP contribution >= 0.6 is 11.8 Å². The summed E-state index contributed by atoms with van der Waals surface area (Å²) in [7, 11) is 0. The Morgan fingerprint density at radius 3 is 3.08 bits per heavy atom. The van der Waals surface area contributed by atoms with Crippen LogP contribution in [-0.2, 0) is 5.75 Å². The van der Waals surface area contributed by atoms with Gasteiger partial charge in [-0.2, -0.15) is 11.8 Å². The quantitative estimate of drug-likeness (QED) is 0.661. The van der Waals surface area contributed by atoms with Gasteiger partial charge in [0.15, 0.2) is 0 Å². The first-order chi connectivity index (χ1) is 5.88. The van der Waals surface area contributed by atoms with Crippen molar-refractivity contribution in [3.63, 3.8) is 0 Å². The maximum absolute atomic E-state index is 6.03. The Bertz CT molecular complexity index is 272. The molecule has 12 heavy (non-hydrogen) atoms. The molecule has 64 valence electrons. The molecule has 1 unspecified atom stereocenters. The van der Waals surface area contributed by atoms with Crippen LogP contribution < -0.4 is 5.73 Å². The molecule has 0 saturated heterocycles. The zero-order valence-corrected chi connectivity index (χ0v) is 7.81. The van der Waals surface area contributed by atoms with Crippen LogP contribution in [0.2, 0.25) is 0 Å². The SMILES string of the molecule is NC1CCSCc2ccccc21. The lowest BCUT2D eigenvalue weighted by atomic mass is 10.0. The summed E-state index contributed by atoms with van der Waals surface area (Å²) in [5.41, 5.74) is 8.81. The van der Waals surface area contributed by atoms with Gasteiger partial charge in [-0.05, 0) is 23.3 Å². The highest BCUT2D eigenvalue weighted by Gasteiger charge is 2.13. The molecule has 0 bridgehead atoms. The van der Waals surface area contributed by atoms with Crippen LogP contribution in [0.3, 0.4) is 0 Å². The molecule has 2 heteroatoms. The van der Waals surface area contributed by atoms with E-state index in [0.29, 0.717) is 0 Å². The smallest absolute Gasteiger partial charge is 0.0305 e. The third-order valence-corrected chi connectivity index (χ3v) is 3.32. The Hall–Kier alpha value is -0.470. The minimum absolute atomic E-state index is 0.260. The average Bonchev–Trinajstić information content (AvgIpc) is 2.29. The molecule has 1 aromatic carbocycles. The van der Waals surface area contributed by atoms with Crippen molar-refractivity contribution in [1.82, 2.24) is 0 Å². The molecule has 0 aromatic heterocycles. The van der Waals surface area contributed by atoms with E-state index in [-0.39, 0.29) is 6.04 Å². The third-order valence-electron chi connectivity index (χ3n) is 2.29. The molecule has 0 saturated carbocycles. The highest BCUT2D eigenvalue weighted by atomic mass is 32.2. The molecule has 1 heterocycles. The standard InChI is InChI=1S/C10H13NS/c11-10-5-6-12-7-8-3-1-2-4-9(8)10/h1-4,10H,5-7,11H2. The molecular weight excluding hydrogens is 166 g/mol. The summed E-state index contributed by atoms with van der Waals surface area (Å²) < 4.78 is 0. The minimum Gasteiger partial charge on any atom is -0.324 e. The third kappa shape index (κ3) is 1.50. The number of thioether (sulfide) groups is 1. The van der Waals surface area contributed by atoms with Crippen molar-refractivity contribution in [3.05, 3.63) is 35.4 Å². The molecule has 1 atom stereocenters. The van der Waals surface area contributed by atoms with E-state index in [1.165, 1.54) is 16.9 Å². The van der Waals surface area contributed by atoms with Crippen LogP contribution in [0.5, 0.6) is 0 Å². The lowest BCUT2D eigenvalue weighted by molar-refractivity contribution is 0.705. The predicted octanol–water partition coefficient (Wildman–Crippen LogP) is 2.32. The minimum atomic E-state index is 0.260. The second-order valence-corrected chi connectivity index (χ2v) is 4.25. The van der Waals surface area contributed by atoms with E-state index >= 15 is 0 Å². The Morgan fingerprint density at radius 2 is 2.17 bits per heavy atom. The number of hydrogen-bond donors (Lipinski definition) is 1. The van der Waals surface area contributed by atoms with Crippen LogP contribution in [0.15, 0.2) is 24.3 Å². The van der Waals surface area contributed by atoms with Crippen molar-refractivity contribution in [2.45, 2.75) is 18.2 Å². The fraction of sp³-hybridized carbons (Fsp3) is 0.400. The molecule has 2 N–H and O–H groups in total. The lowest BCUT2D eigenvalue weighted by Gasteiger charge is -2.10. The van der Waals surface area contributed by atoms with Crippen molar-refractivity contribution >= 4 is 11.8 Å². The number of benzene rings is 1. The van der Waals surface area contributed by atoms with Gasteiger partial charge < -0.3 is 5.73 Å². The van der Waals surface area contributed by atoms with E-state index in [1.807, 2.05) is 11.8 Å². The summed E-state index contributed by atoms with van der Waals surface area (Å²) >= 11 is 1.98. The fourth-order valence-electron chi connectivity index (χ4n) is 1.58. The first-order valence-electron chi connectivity index (χ1n) is 4.29. The van der Waals surface area contributed by atoms with Crippen molar-refractivity contribution in [1.29, 1.82) is 0 Å². The molecule has 0 fully saturated rings. The maximum atomic E-state index is 6.03. The summed E-state index contributed by atoms with van der Waals surface area (Å²) in [6.07, 6.45) is 1.11. The molecule has 2 rings (SSSR count). The summed E-state index contributed by atoms with van der Waals surface area (Å²) in [5, 5.41) is 0. The molecule has 0 radical (unpaired) electrons. The van der Waals surface area contributed by atoms with Gasteiger partial charge in [-0.25, -0.2) is 0 Å². The van der Waals surface area contributed by atoms with Crippen molar-refractivity contribution in [2.75, 3.05) is 5.75 Å². The largest absolute Gasteiger partial charge is 0.324 e. The Morgan fingerprint density at radius 1 is 1.33 bits per heavy atom. The fourth-order valence-corrected chi connectivity index (χ4v) is 2.62. The molecule has 1 nitrogen and oxygen atoms in total. The van der Waals surface area contributed by atoms with Gasteiger partial charge in [-0.3, -0.25) is 0 Å². The highest BCUT2D eigenvalue weighted by Crippen LogP contribution is 2.28. The van der Waals surface area contributed by atoms with Crippen LogP contribution in [0, 0.1) is 0 Å². The zero-order valence-electron chi connectivity index (χ0n) is 6.99. The van der Waals surface area contributed by atoms with Crippen molar-refractivity contribution < 1.29 is 0 Å². The second-order valence-electron chi connectivity index (χ2n) is 3.15. The van der Waals surface area contributed by atoms with Gasteiger partial charge >= 0.3 is 0 Å². The lowest BCUT2D eigenvalue weighted by Crippen LogP contribution is -2.10. The number of hydrogen-bond acceptors (Lipinski definition) is 2. The zero-order chi connectivity index (χ0) is 8.39. The Labute approximate surface area is 77.3 Å². The Kier molecular flexibility index (Phi) is 2.38. The monoisotopic (exact) mass is 179 g/mol. The van der Waals surface area contributed by atoms with E-state index in [0.717, 1.165) is 12.2 Å². The molecule has 0 aliphatic carbocycles. The van der Waals surface area contributed by atoms with E-state index in [2.05, 4.69) is 24.3 Å². The molecule has 1 aliphatic rings. The van der Waals surface area contributed by atoms with Gasteiger partial charge in [-0.15, -0.1) is 0 Å². The Balaban J connectivity index is 2.39. The molecule has 1 aromatic rings. The number of nitrogens with two attached hydrogens (primary N) is 1. The van der Waals surface area contributed by atoms with E-state index < -0.39 is 0 Å². The average molecular weight is 179 g/mol. The second kappa shape index (κ2) is 3.50. The van der Waals surface area contributed by atoms with Gasteiger partial charge in [0.2, 0.25) is 0 Å². The van der Waals surface area contributed by atoms with Gasteiger partial charge in [0, 0.05) is 11.8 Å². The van der Waals surface area contributed by atoms with Crippen molar-refractivity contribution in [3.8, 4) is 0 Å². The normalized spacial score (nSPS) is 22.9. The summed E-state index contributed by atoms with van der Waals surface area (Å²) in [4.78, 5) is 0. The maximum Gasteiger partial charge on any atom is 0.0305 e. The molecular formula is C10H13NS. The first-order valence-corrected chi connectivity index (χ1v) is 5.44. The molecule has 0 amide bonds. The number of fused-ring (bicyclic) bond motifs is 1. The van der Waals surface area contributed by atoms with E-state index in [4.69, 9.17) is 5.73 Å². The first kappa shape index (κ1) is 8.14. The summed E-state index contributed by atoms with van der Waals surface area (Å²) in [5.74, 6) is 2.32. The van der Waals surface area contributed by atoms with Gasteiger partial charge in [0.1, 0.15) is 0 Å². The molecule has 0 spiro atoms. The van der Waals surface area contributed by atoms with Crippen molar-refractivity contribution in [2.24, 2.45) is 5.73 Å². The topological polar surface area (TPSA) is 26.0 Å². The van der Waals surface area contributed by atoms with Gasteiger partial charge in [-0.1, -0.05) is 24.3 Å². The predicted molar refractivity (Wildman–Crippen MR) is 54.1 cm³/mol. The van der Waals surface area contributed by atoms with E-state index in [9.17, 15) is 0 Å². The summed E-state index contributed by atoms with van der Waals surface area (Å²) in [6, 6.07) is 8.78. The van der Waals surface area contributed by atoms with Crippen LogP contribution in [0.25, 0.3) is 0 Å². The molecule has 1 aliphatic heterocycles. The van der Waals surface area contributed by atoms with Crippen LogP contribution in [-0.4, -0.2) is 5.75 Å². The van der Waals surface area contributed by atoms with Gasteiger partial charge in [0.05, 0.1) is 0 Å². The van der Waals surface area contributed by atoms with E-state index in [1.54, 1.807) is 0 Å².